The Balaban J connectivity index is 1.63. The molecule has 0 bridgehead atoms. The van der Waals surface area contributed by atoms with E-state index in [9.17, 15) is 9.18 Å². The number of halogens is 2. The van der Waals surface area contributed by atoms with E-state index in [2.05, 4.69) is 15.5 Å². The standard InChI is InChI=1S/C25H21ClFN5O2/c1-16-7-6-10-19(26)23(16)32-25(28-29-30-32)24-18-9-3-5-12-21(18)34-15-22(33)31(24)14-13-17-8-2-4-11-20(17)27/h2-12,24H,13-15H2,1H3. The molecule has 172 valence electrons. The third-order valence-electron chi connectivity index (χ3n) is 5.92. The number of para-hydroxylation sites is 2. The minimum absolute atomic E-state index is 0.141. The minimum Gasteiger partial charge on any atom is -0.483 e. The van der Waals surface area contributed by atoms with E-state index in [1.165, 1.54) is 6.07 Å². The molecule has 5 rings (SSSR count). The topological polar surface area (TPSA) is 73.1 Å². The van der Waals surface area contributed by atoms with Gasteiger partial charge in [-0.2, -0.15) is 4.68 Å². The molecule has 1 aromatic heterocycles. The van der Waals surface area contributed by atoms with Crippen molar-refractivity contribution in [2.75, 3.05) is 13.2 Å². The summed E-state index contributed by atoms with van der Waals surface area (Å²) in [7, 11) is 0. The fourth-order valence-electron chi connectivity index (χ4n) is 4.26. The van der Waals surface area contributed by atoms with Gasteiger partial charge in [-0.1, -0.05) is 60.1 Å². The summed E-state index contributed by atoms with van der Waals surface area (Å²) < 4.78 is 21.7. The third-order valence-corrected chi connectivity index (χ3v) is 6.22. The maximum absolute atomic E-state index is 14.3. The quantitative estimate of drug-likeness (QED) is 0.428. The number of amides is 1. The molecule has 1 atom stereocenters. The minimum atomic E-state index is -0.663. The second-order valence-electron chi connectivity index (χ2n) is 8.01. The van der Waals surface area contributed by atoms with Crippen molar-refractivity contribution in [2.24, 2.45) is 0 Å². The number of ether oxygens (including phenoxy) is 1. The highest BCUT2D eigenvalue weighted by Crippen LogP contribution is 2.37. The molecule has 3 aromatic carbocycles. The number of tetrazole rings is 1. The van der Waals surface area contributed by atoms with Crippen LogP contribution in [-0.4, -0.2) is 44.2 Å². The summed E-state index contributed by atoms with van der Waals surface area (Å²) in [5.41, 5.74) is 2.77. The van der Waals surface area contributed by atoms with Gasteiger partial charge in [0, 0.05) is 12.1 Å². The first kappa shape index (κ1) is 22.0. The molecule has 0 fully saturated rings. The van der Waals surface area contributed by atoms with Crippen LogP contribution < -0.4 is 4.74 Å². The Hall–Kier alpha value is -3.78. The molecule has 0 radical (unpaired) electrons. The highest BCUT2D eigenvalue weighted by Gasteiger charge is 2.36. The highest BCUT2D eigenvalue weighted by atomic mass is 35.5. The number of hydrogen-bond acceptors (Lipinski definition) is 5. The van der Waals surface area contributed by atoms with Gasteiger partial charge in [0.1, 0.15) is 17.6 Å². The molecule has 0 N–H and O–H groups in total. The van der Waals surface area contributed by atoms with E-state index in [0.717, 1.165) is 11.1 Å². The Morgan fingerprint density at radius 1 is 1.09 bits per heavy atom. The van der Waals surface area contributed by atoms with Crippen LogP contribution in [0.15, 0.2) is 66.7 Å². The molecule has 1 unspecified atom stereocenters. The molecule has 0 saturated heterocycles. The number of fused-ring (bicyclic) bond motifs is 1. The lowest BCUT2D eigenvalue weighted by molar-refractivity contribution is -0.134. The molecule has 9 heteroatoms. The van der Waals surface area contributed by atoms with Crippen LogP contribution in [0.4, 0.5) is 4.39 Å². The molecule has 0 saturated carbocycles. The van der Waals surface area contributed by atoms with E-state index >= 15 is 0 Å². The summed E-state index contributed by atoms with van der Waals surface area (Å²) in [6.07, 6.45) is 0.323. The van der Waals surface area contributed by atoms with Gasteiger partial charge in [0.05, 0.1) is 10.7 Å². The normalized spacial score (nSPS) is 15.6. The highest BCUT2D eigenvalue weighted by molar-refractivity contribution is 6.32. The zero-order valence-electron chi connectivity index (χ0n) is 18.4. The molecule has 34 heavy (non-hydrogen) atoms. The van der Waals surface area contributed by atoms with Crippen molar-refractivity contribution in [2.45, 2.75) is 19.4 Å². The van der Waals surface area contributed by atoms with Gasteiger partial charge in [0.15, 0.2) is 12.4 Å². The van der Waals surface area contributed by atoms with Crippen LogP contribution in [0.5, 0.6) is 5.75 Å². The van der Waals surface area contributed by atoms with Gasteiger partial charge >= 0.3 is 0 Å². The van der Waals surface area contributed by atoms with Crippen LogP contribution in [0.3, 0.4) is 0 Å². The van der Waals surface area contributed by atoms with E-state index in [1.54, 1.807) is 33.8 Å². The number of hydrogen-bond donors (Lipinski definition) is 0. The average Bonchev–Trinajstić information content (AvgIpc) is 3.25. The molecule has 1 aliphatic rings. The number of carbonyl (C=O) groups excluding carboxylic acids is 1. The van der Waals surface area contributed by atoms with Crippen LogP contribution >= 0.6 is 11.6 Å². The summed E-state index contributed by atoms with van der Waals surface area (Å²) in [6.45, 7) is 2.02. The smallest absolute Gasteiger partial charge is 0.261 e. The Bertz CT molecular complexity index is 1340. The van der Waals surface area contributed by atoms with Gasteiger partial charge in [0.25, 0.3) is 5.91 Å². The summed E-state index contributed by atoms with van der Waals surface area (Å²) in [4.78, 5) is 14.9. The first-order valence-electron chi connectivity index (χ1n) is 10.8. The van der Waals surface area contributed by atoms with Gasteiger partial charge in [-0.25, -0.2) is 4.39 Å². The summed E-state index contributed by atoms with van der Waals surface area (Å²) in [6, 6.07) is 18.8. The lowest BCUT2D eigenvalue weighted by Crippen LogP contribution is -2.39. The van der Waals surface area contributed by atoms with Crippen LogP contribution in [-0.2, 0) is 11.2 Å². The SMILES string of the molecule is Cc1cccc(Cl)c1-n1nnnc1C1c2ccccc2OCC(=O)N1CCc1ccccc1F. The number of nitrogens with zero attached hydrogens (tertiary/aromatic N) is 5. The van der Waals surface area contributed by atoms with Crippen molar-refractivity contribution in [1.82, 2.24) is 25.1 Å². The first-order valence-corrected chi connectivity index (χ1v) is 11.2. The number of aromatic nitrogens is 4. The molecule has 0 aliphatic carbocycles. The fourth-order valence-corrected chi connectivity index (χ4v) is 4.56. The van der Waals surface area contributed by atoms with Crippen LogP contribution in [0.1, 0.15) is 28.6 Å². The van der Waals surface area contributed by atoms with E-state index in [-0.39, 0.29) is 24.9 Å². The van der Waals surface area contributed by atoms with Gasteiger partial charge in [-0.15, -0.1) is 5.10 Å². The zero-order valence-corrected chi connectivity index (χ0v) is 19.1. The van der Waals surface area contributed by atoms with Crippen molar-refractivity contribution >= 4 is 17.5 Å². The maximum Gasteiger partial charge on any atom is 0.261 e. The number of carbonyl (C=O) groups is 1. The van der Waals surface area contributed by atoms with Gasteiger partial charge in [-0.05, 0) is 53.1 Å². The molecule has 1 aliphatic heterocycles. The molecule has 0 spiro atoms. The Morgan fingerprint density at radius 3 is 2.71 bits per heavy atom. The third kappa shape index (κ3) is 4.01. The fraction of sp³-hybridized carbons (Fsp3) is 0.200. The summed E-state index contributed by atoms with van der Waals surface area (Å²) in [5.74, 6) is 0.424. The second-order valence-corrected chi connectivity index (χ2v) is 8.42. The second kappa shape index (κ2) is 9.23. The van der Waals surface area contributed by atoms with Crippen molar-refractivity contribution in [3.8, 4) is 11.4 Å². The Labute approximate surface area is 200 Å². The van der Waals surface area contributed by atoms with Gasteiger partial charge < -0.3 is 9.64 Å². The average molecular weight is 478 g/mol. The van der Waals surface area contributed by atoms with Crippen LogP contribution in [0.25, 0.3) is 5.69 Å². The van der Waals surface area contributed by atoms with E-state index in [4.69, 9.17) is 16.3 Å². The van der Waals surface area contributed by atoms with Crippen LogP contribution in [0, 0.1) is 12.7 Å². The van der Waals surface area contributed by atoms with Gasteiger partial charge in [-0.3, -0.25) is 4.79 Å². The summed E-state index contributed by atoms with van der Waals surface area (Å²) in [5, 5.41) is 12.9. The Morgan fingerprint density at radius 2 is 1.88 bits per heavy atom. The molecule has 2 heterocycles. The maximum atomic E-state index is 14.3. The molecular weight excluding hydrogens is 457 g/mol. The predicted molar refractivity (Wildman–Crippen MR) is 124 cm³/mol. The van der Waals surface area contributed by atoms with Gasteiger partial charge in [0.2, 0.25) is 0 Å². The lowest BCUT2D eigenvalue weighted by atomic mass is 10.0. The monoisotopic (exact) mass is 477 g/mol. The van der Waals surface area contributed by atoms with Crippen LogP contribution in [0.2, 0.25) is 5.02 Å². The largest absolute Gasteiger partial charge is 0.483 e. The summed E-state index contributed by atoms with van der Waals surface area (Å²) >= 11 is 6.52. The van der Waals surface area contributed by atoms with Crippen molar-refractivity contribution in [1.29, 1.82) is 0 Å². The molecule has 4 aromatic rings. The number of benzene rings is 3. The molecular formula is C25H21ClFN5O2. The predicted octanol–water partition coefficient (Wildman–Crippen LogP) is 4.32. The van der Waals surface area contributed by atoms with E-state index in [1.807, 2.05) is 43.3 Å². The molecule has 1 amide bonds. The first-order chi connectivity index (χ1) is 16.5. The van der Waals surface area contributed by atoms with Crippen molar-refractivity contribution < 1.29 is 13.9 Å². The Kier molecular flexibility index (Phi) is 5.98. The van der Waals surface area contributed by atoms with E-state index < -0.39 is 6.04 Å². The van der Waals surface area contributed by atoms with Crippen molar-refractivity contribution in [3.05, 3.63) is 100 Å². The number of rotatable bonds is 5. The zero-order chi connectivity index (χ0) is 23.7. The van der Waals surface area contributed by atoms with Crippen molar-refractivity contribution in [3.63, 3.8) is 0 Å². The molecule has 7 nitrogen and oxygen atoms in total. The van der Waals surface area contributed by atoms with E-state index in [0.29, 0.717) is 34.3 Å². The number of aryl methyl sites for hydroxylation is 1. The lowest BCUT2D eigenvalue weighted by Gasteiger charge is -2.29.